The molecule has 0 radical (unpaired) electrons. The van der Waals surface area contributed by atoms with Gasteiger partial charge in [-0.15, -0.1) is 0 Å². The molecule has 0 spiro atoms. The highest BCUT2D eigenvalue weighted by Gasteiger charge is 2.37. The number of rotatable bonds is 3. The molecule has 3 unspecified atom stereocenters. The first-order chi connectivity index (χ1) is 6.83. The Morgan fingerprint density at radius 1 is 1.47 bits per heavy atom. The number of carbonyl (C=O) groups excluding carboxylic acids is 1. The lowest BCUT2D eigenvalue weighted by Gasteiger charge is -2.32. The lowest BCUT2D eigenvalue weighted by Crippen LogP contribution is -2.37. The highest BCUT2D eigenvalue weighted by atomic mass is 127. The van der Waals surface area contributed by atoms with Gasteiger partial charge in [-0.3, -0.25) is 4.79 Å². The first-order valence-corrected chi connectivity index (χ1v) is 6.94. The average molecular weight is 324 g/mol. The Balaban J connectivity index is 2.55. The molecular weight excluding hydrogens is 303 g/mol. The minimum atomic E-state index is -0.290. The number of carbonyl (C=O) groups is 1. The van der Waals surface area contributed by atoms with Crippen LogP contribution in [0.5, 0.6) is 0 Å². The molecule has 0 N–H and O–H groups in total. The Bertz CT molecular complexity index is 236. The lowest BCUT2D eigenvalue weighted by atomic mass is 9.88. The van der Waals surface area contributed by atoms with Crippen molar-refractivity contribution in [3.8, 4) is 0 Å². The molecule has 0 aliphatic heterocycles. The zero-order chi connectivity index (χ0) is 11.6. The summed E-state index contributed by atoms with van der Waals surface area (Å²) >= 11 is 2.10. The van der Waals surface area contributed by atoms with Gasteiger partial charge in [0.1, 0.15) is 9.53 Å². The molecule has 1 rings (SSSR count). The summed E-state index contributed by atoms with van der Waals surface area (Å²) in [6, 6.07) is 0. The van der Waals surface area contributed by atoms with Crippen LogP contribution in [0.15, 0.2) is 0 Å². The van der Waals surface area contributed by atoms with E-state index >= 15 is 0 Å². The molecule has 1 aliphatic rings. The molecular formula is C12H21IO2. The quantitative estimate of drug-likeness (QED) is 0.451. The Morgan fingerprint density at radius 3 is 2.47 bits per heavy atom. The van der Waals surface area contributed by atoms with Crippen molar-refractivity contribution in [2.24, 2.45) is 11.8 Å². The summed E-state index contributed by atoms with van der Waals surface area (Å²) in [7, 11) is 0. The van der Waals surface area contributed by atoms with E-state index in [0.717, 1.165) is 5.92 Å². The van der Waals surface area contributed by atoms with Gasteiger partial charge < -0.3 is 4.74 Å². The van der Waals surface area contributed by atoms with Crippen molar-refractivity contribution in [1.29, 1.82) is 0 Å². The molecule has 2 nitrogen and oxygen atoms in total. The molecule has 15 heavy (non-hydrogen) atoms. The maximum Gasteiger partial charge on any atom is 0.319 e. The van der Waals surface area contributed by atoms with Crippen molar-refractivity contribution < 1.29 is 9.53 Å². The summed E-state index contributed by atoms with van der Waals surface area (Å²) in [6.07, 6.45) is 3.65. The highest BCUT2D eigenvalue weighted by molar-refractivity contribution is 14.1. The summed E-state index contributed by atoms with van der Waals surface area (Å²) in [5.41, 5.74) is -0.290. The van der Waals surface area contributed by atoms with E-state index < -0.39 is 0 Å². The predicted molar refractivity (Wildman–Crippen MR) is 70.2 cm³/mol. The number of halogens is 1. The van der Waals surface area contributed by atoms with E-state index in [0.29, 0.717) is 5.92 Å². The van der Waals surface area contributed by atoms with Gasteiger partial charge in [0, 0.05) is 0 Å². The second kappa shape index (κ2) is 5.02. The maximum absolute atomic E-state index is 11.6. The van der Waals surface area contributed by atoms with E-state index in [2.05, 4.69) is 29.5 Å². The smallest absolute Gasteiger partial charge is 0.319 e. The second-order valence-electron chi connectivity index (χ2n) is 5.26. The predicted octanol–water partition coefficient (Wildman–Crippen LogP) is 3.57. The summed E-state index contributed by atoms with van der Waals surface area (Å²) in [6.45, 7) is 8.24. The van der Waals surface area contributed by atoms with Crippen molar-refractivity contribution in [2.75, 3.05) is 0 Å². The monoisotopic (exact) mass is 324 g/mol. The van der Waals surface area contributed by atoms with Gasteiger partial charge >= 0.3 is 5.97 Å². The third-order valence-electron chi connectivity index (χ3n) is 3.37. The van der Waals surface area contributed by atoms with Crippen molar-refractivity contribution >= 4 is 28.6 Å². The van der Waals surface area contributed by atoms with Crippen molar-refractivity contribution in [3.63, 3.8) is 0 Å². The van der Waals surface area contributed by atoms with Crippen LogP contribution in [0.25, 0.3) is 0 Å². The molecule has 0 bridgehead atoms. The number of hydrogen-bond donors (Lipinski definition) is 0. The van der Waals surface area contributed by atoms with E-state index in [1.165, 1.54) is 19.3 Å². The third-order valence-corrected chi connectivity index (χ3v) is 3.87. The van der Waals surface area contributed by atoms with E-state index in [9.17, 15) is 4.79 Å². The molecule has 0 aromatic heterocycles. The van der Waals surface area contributed by atoms with Crippen LogP contribution < -0.4 is 0 Å². The minimum absolute atomic E-state index is 0.0549. The minimum Gasteiger partial charge on any atom is -0.459 e. The first-order valence-electron chi connectivity index (χ1n) is 5.70. The second-order valence-corrected chi connectivity index (χ2v) is 7.12. The SMILES string of the molecule is CC1CCC(C(C)(C)OC(=O)C(C)I)C1. The van der Waals surface area contributed by atoms with Gasteiger partial charge in [0.05, 0.1) is 0 Å². The molecule has 0 saturated heterocycles. The van der Waals surface area contributed by atoms with Gasteiger partial charge in [0.25, 0.3) is 0 Å². The molecule has 0 amide bonds. The van der Waals surface area contributed by atoms with Crippen LogP contribution >= 0.6 is 22.6 Å². The van der Waals surface area contributed by atoms with Gasteiger partial charge in [0.2, 0.25) is 0 Å². The van der Waals surface area contributed by atoms with E-state index in [4.69, 9.17) is 4.74 Å². The van der Waals surface area contributed by atoms with E-state index in [-0.39, 0.29) is 15.5 Å². The van der Waals surface area contributed by atoms with Gasteiger partial charge in [-0.25, -0.2) is 0 Å². The summed E-state index contributed by atoms with van der Waals surface area (Å²) in [5, 5.41) is 0. The topological polar surface area (TPSA) is 26.3 Å². The third kappa shape index (κ3) is 3.61. The maximum atomic E-state index is 11.6. The Kier molecular flexibility index (Phi) is 4.44. The molecule has 1 aliphatic carbocycles. The normalized spacial score (nSPS) is 28.9. The van der Waals surface area contributed by atoms with Gasteiger partial charge in [0.15, 0.2) is 0 Å². The summed E-state index contributed by atoms with van der Waals surface area (Å²) in [5.74, 6) is 1.23. The number of ether oxygens (including phenoxy) is 1. The standard InChI is InChI=1S/C12H21IO2/c1-8-5-6-10(7-8)12(3,4)15-11(14)9(2)13/h8-10H,5-7H2,1-4H3. The Labute approximate surface area is 106 Å². The van der Waals surface area contributed by atoms with Crippen LogP contribution in [0.2, 0.25) is 0 Å². The molecule has 0 aromatic carbocycles. The van der Waals surface area contributed by atoms with Gasteiger partial charge in [-0.1, -0.05) is 35.9 Å². The fourth-order valence-corrected chi connectivity index (χ4v) is 2.39. The molecule has 0 heterocycles. The van der Waals surface area contributed by atoms with Gasteiger partial charge in [-0.2, -0.15) is 0 Å². The van der Waals surface area contributed by atoms with Crippen LogP contribution in [-0.2, 0) is 9.53 Å². The molecule has 3 atom stereocenters. The Morgan fingerprint density at radius 2 is 2.07 bits per heavy atom. The molecule has 1 fully saturated rings. The van der Waals surface area contributed by atoms with E-state index in [1.54, 1.807) is 0 Å². The van der Waals surface area contributed by atoms with Crippen molar-refractivity contribution in [1.82, 2.24) is 0 Å². The molecule has 3 heteroatoms. The molecule has 0 aromatic rings. The largest absolute Gasteiger partial charge is 0.459 e. The van der Waals surface area contributed by atoms with Crippen molar-refractivity contribution in [2.45, 2.75) is 56.5 Å². The fraction of sp³-hybridized carbons (Fsp3) is 0.917. The van der Waals surface area contributed by atoms with Crippen LogP contribution in [0, 0.1) is 11.8 Å². The fourth-order valence-electron chi connectivity index (χ4n) is 2.26. The van der Waals surface area contributed by atoms with Crippen molar-refractivity contribution in [3.05, 3.63) is 0 Å². The van der Waals surface area contributed by atoms with Crippen LogP contribution in [0.1, 0.15) is 47.0 Å². The summed E-state index contributed by atoms with van der Waals surface area (Å²) in [4.78, 5) is 11.6. The Hall–Kier alpha value is 0.200. The zero-order valence-electron chi connectivity index (χ0n) is 10.0. The zero-order valence-corrected chi connectivity index (χ0v) is 12.2. The van der Waals surface area contributed by atoms with Gasteiger partial charge in [-0.05, 0) is 45.4 Å². The number of esters is 1. The molecule has 88 valence electrons. The van der Waals surface area contributed by atoms with E-state index in [1.807, 2.05) is 20.8 Å². The first kappa shape index (κ1) is 13.3. The highest BCUT2D eigenvalue weighted by Crippen LogP contribution is 2.39. The van der Waals surface area contributed by atoms with Crippen LogP contribution in [-0.4, -0.2) is 15.5 Å². The average Bonchev–Trinajstić information content (AvgIpc) is 2.51. The number of alkyl halides is 1. The lowest BCUT2D eigenvalue weighted by molar-refractivity contribution is -0.160. The van der Waals surface area contributed by atoms with Crippen LogP contribution in [0.3, 0.4) is 0 Å². The number of hydrogen-bond acceptors (Lipinski definition) is 2. The molecule has 1 saturated carbocycles. The van der Waals surface area contributed by atoms with Crippen LogP contribution in [0.4, 0.5) is 0 Å². The summed E-state index contributed by atoms with van der Waals surface area (Å²) < 4.78 is 5.53.